The Morgan fingerprint density at radius 1 is 1.25 bits per heavy atom. The van der Waals surface area contributed by atoms with Crippen LogP contribution in [0.2, 0.25) is 0 Å². The van der Waals surface area contributed by atoms with Crippen molar-refractivity contribution < 1.29 is 29.0 Å². The van der Waals surface area contributed by atoms with E-state index in [0.717, 1.165) is 0 Å². The van der Waals surface area contributed by atoms with Crippen molar-refractivity contribution >= 4 is 23.9 Å². The Labute approximate surface area is 117 Å². The van der Waals surface area contributed by atoms with Crippen molar-refractivity contribution in [3.8, 4) is 0 Å². The summed E-state index contributed by atoms with van der Waals surface area (Å²) < 4.78 is 4.43. The molecule has 1 atom stereocenters. The van der Waals surface area contributed by atoms with Gasteiger partial charge in [0.15, 0.2) is 0 Å². The van der Waals surface area contributed by atoms with Crippen LogP contribution >= 0.6 is 0 Å². The summed E-state index contributed by atoms with van der Waals surface area (Å²) in [5.41, 5.74) is 0. The zero-order valence-corrected chi connectivity index (χ0v) is 11.8. The summed E-state index contributed by atoms with van der Waals surface area (Å²) in [6, 6.07) is -0.638. The summed E-state index contributed by atoms with van der Waals surface area (Å²) in [6.45, 7) is 1.73. The molecule has 0 aliphatic rings. The first kappa shape index (κ1) is 17.9. The highest BCUT2D eigenvalue weighted by Crippen LogP contribution is 2.06. The average molecular weight is 288 g/mol. The van der Waals surface area contributed by atoms with E-state index < -0.39 is 23.9 Å². The van der Waals surface area contributed by atoms with E-state index >= 15 is 0 Å². The molecule has 3 amide bonds. The minimum Gasteiger partial charge on any atom is -0.481 e. The van der Waals surface area contributed by atoms with Crippen molar-refractivity contribution in [1.82, 2.24) is 10.2 Å². The molecule has 0 radical (unpaired) electrons. The van der Waals surface area contributed by atoms with Crippen LogP contribution in [0.25, 0.3) is 0 Å². The van der Waals surface area contributed by atoms with Crippen LogP contribution < -0.4 is 5.32 Å². The number of nitrogens with zero attached hydrogens (tertiary/aromatic N) is 1. The molecule has 0 saturated heterocycles. The number of hydrogen-bond acceptors (Lipinski definition) is 5. The third-order valence-electron chi connectivity index (χ3n) is 2.53. The van der Waals surface area contributed by atoms with Crippen LogP contribution in [0.4, 0.5) is 4.79 Å². The number of nitrogens with one attached hydrogen (secondary N) is 1. The fraction of sp³-hybridized carbons (Fsp3) is 0.667. The predicted octanol–water partition coefficient (Wildman–Crippen LogP) is 0.218. The fourth-order valence-electron chi connectivity index (χ4n) is 1.42. The first-order chi connectivity index (χ1) is 9.26. The molecule has 0 bridgehead atoms. The van der Waals surface area contributed by atoms with E-state index in [1.807, 2.05) is 0 Å². The van der Waals surface area contributed by atoms with Crippen molar-refractivity contribution in [3.05, 3.63) is 0 Å². The summed E-state index contributed by atoms with van der Waals surface area (Å²) in [5, 5.41) is 10.7. The van der Waals surface area contributed by atoms with Crippen molar-refractivity contribution in [2.75, 3.05) is 20.7 Å². The third kappa shape index (κ3) is 8.06. The molecule has 0 aromatic carbocycles. The van der Waals surface area contributed by atoms with Gasteiger partial charge >= 0.3 is 18.0 Å². The number of aliphatic carboxylic acids is 1. The fourth-order valence-corrected chi connectivity index (χ4v) is 1.42. The molecule has 0 aliphatic carbocycles. The topological polar surface area (TPSA) is 113 Å². The van der Waals surface area contributed by atoms with E-state index in [4.69, 9.17) is 5.11 Å². The van der Waals surface area contributed by atoms with Crippen molar-refractivity contribution in [1.29, 1.82) is 0 Å². The Kier molecular flexibility index (Phi) is 7.95. The minimum absolute atomic E-state index is 0.0318. The van der Waals surface area contributed by atoms with Gasteiger partial charge in [-0.1, -0.05) is 6.92 Å². The lowest BCUT2D eigenvalue weighted by Gasteiger charge is -2.17. The van der Waals surface area contributed by atoms with Gasteiger partial charge in [-0.05, 0) is 5.92 Å². The molecule has 0 rings (SSSR count). The minimum atomic E-state index is -0.994. The maximum Gasteiger partial charge on any atom is 0.323 e. The number of rotatable bonds is 7. The van der Waals surface area contributed by atoms with Crippen LogP contribution in [0.5, 0.6) is 0 Å². The zero-order valence-electron chi connectivity index (χ0n) is 11.8. The van der Waals surface area contributed by atoms with E-state index in [1.54, 1.807) is 6.92 Å². The van der Waals surface area contributed by atoms with Gasteiger partial charge in [0.2, 0.25) is 5.91 Å². The molecular weight excluding hydrogens is 268 g/mol. The predicted molar refractivity (Wildman–Crippen MR) is 68.8 cm³/mol. The Bertz CT molecular complexity index is 382. The van der Waals surface area contributed by atoms with E-state index in [-0.39, 0.29) is 31.7 Å². The quantitative estimate of drug-likeness (QED) is 0.648. The first-order valence-corrected chi connectivity index (χ1v) is 6.09. The summed E-state index contributed by atoms with van der Waals surface area (Å²) in [4.78, 5) is 45.6. The lowest BCUT2D eigenvalue weighted by atomic mass is 10.0. The lowest BCUT2D eigenvalue weighted by Crippen LogP contribution is -2.42. The number of carboxylic acid groups (broad SMARTS) is 1. The van der Waals surface area contributed by atoms with Gasteiger partial charge in [0, 0.05) is 26.4 Å². The number of imide groups is 1. The van der Waals surface area contributed by atoms with Gasteiger partial charge in [0.25, 0.3) is 0 Å². The second-order valence-corrected chi connectivity index (χ2v) is 4.51. The molecule has 0 aromatic heterocycles. The second kappa shape index (κ2) is 8.89. The Balaban J connectivity index is 4.08. The van der Waals surface area contributed by atoms with Crippen LogP contribution in [0.1, 0.15) is 26.2 Å². The standard InChI is InChI=1S/C12H20N2O6/c1-8(7-10(16)17)6-9(15)13-12(19)14(2)5-4-11(18)20-3/h8H,4-7H2,1-3H3,(H,16,17)(H,13,15,19). The molecule has 0 aliphatic heterocycles. The lowest BCUT2D eigenvalue weighted by molar-refractivity contribution is -0.141. The van der Waals surface area contributed by atoms with Gasteiger partial charge in [0.05, 0.1) is 13.5 Å². The highest BCUT2D eigenvalue weighted by molar-refractivity contribution is 5.94. The summed E-state index contributed by atoms with van der Waals surface area (Å²) in [5.74, 6) is -2.35. The maximum absolute atomic E-state index is 11.6. The van der Waals surface area contributed by atoms with Crippen LogP contribution in [0.15, 0.2) is 0 Å². The number of hydrogen-bond donors (Lipinski definition) is 2. The molecule has 0 heterocycles. The second-order valence-electron chi connectivity index (χ2n) is 4.51. The molecule has 8 heteroatoms. The smallest absolute Gasteiger partial charge is 0.323 e. The number of carbonyl (C=O) groups excluding carboxylic acids is 3. The number of ether oxygens (including phenoxy) is 1. The van der Waals surface area contributed by atoms with Gasteiger partial charge in [-0.15, -0.1) is 0 Å². The van der Waals surface area contributed by atoms with E-state index in [0.29, 0.717) is 0 Å². The maximum atomic E-state index is 11.6. The number of urea groups is 1. The Hall–Kier alpha value is -2.12. The number of carboxylic acids is 1. The van der Waals surface area contributed by atoms with E-state index in [9.17, 15) is 19.2 Å². The van der Waals surface area contributed by atoms with Gasteiger partial charge in [-0.25, -0.2) is 4.79 Å². The number of methoxy groups -OCH3 is 1. The highest BCUT2D eigenvalue weighted by atomic mass is 16.5. The van der Waals surface area contributed by atoms with Crippen molar-refractivity contribution in [2.45, 2.75) is 26.2 Å². The molecule has 0 saturated carbocycles. The average Bonchev–Trinajstić information content (AvgIpc) is 2.33. The van der Waals surface area contributed by atoms with Gasteiger partial charge in [-0.2, -0.15) is 0 Å². The SMILES string of the molecule is COC(=O)CCN(C)C(=O)NC(=O)CC(C)CC(=O)O. The van der Waals surface area contributed by atoms with Gasteiger partial charge in [-0.3, -0.25) is 19.7 Å². The van der Waals surface area contributed by atoms with Crippen molar-refractivity contribution in [3.63, 3.8) is 0 Å². The molecule has 0 spiro atoms. The Morgan fingerprint density at radius 3 is 2.35 bits per heavy atom. The molecule has 0 fully saturated rings. The monoisotopic (exact) mass is 288 g/mol. The van der Waals surface area contributed by atoms with Crippen LogP contribution in [0.3, 0.4) is 0 Å². The van der Waals surface area contributed by atoms with Gasteiger partial charge in [0.1, 0.15) is 0 Å². The largest absolute Gasteiger partial charge is 0.481 e. The van der Waals surface area contributed by atoms with Crippen LogP contribution in [-0.2, 0) is 19.1 Å². The van der Waals surface area contributed by atoms with E-state index in [2.05, 4.69) is 10.1 Å². The molecule has 8 nitrogen and oxygen atoms in total. The zero-order chi connectivity index (χ0) is 15.7. The molecule has 20 heavy (non-hydrogen) atoms. The summed E-state index contributed by atoms with van der Waals surface area (Å²) >= 11 is 0. The van der Waals surface area contributed by atoms with E-state index in [1.165, 1.54) is 19.1 Å². The third-order valence-corrected chi connectivity index (χ3v) is 2.53. The Morgan fingerprint density at radius 2 is 1.85 bits per heavy atom. The molecule has 114 valence electrons. The summed E-state index contributed by atoms with van der Waals surface area (Å²) in [7, 11) is 2.68. The van der Waals surface area contributed by atoms with Crippen LogP contribution in [-0.4, -0.2) is 54.6 Å². The number of esters is 1. The highest BCUT2D eigenvalue weighted by Gasteiger charge is 2.17. The molecule has 1 unspecified atom stereocenters. The first-order valence-electron chi connectivity index (χ1n) is 6.09. The number of carbonyl (C=O) groups is 4. The molecule has 0 aromatic rings. The molecule has 2 N–H and O–H groups in total. The normalized spacial score (nSPS) is 11.3. The summed E-state index contributed by atoms with van der Waals surface area (Å²) in [6.07, 6.45) is -0.160. The number of amides is 3. The van der Waals surface area contributed by atoms with Gasteiger partial charge < -0.3 is 14.7 Å². The van der Waals surface area contributed by atoms with Crippen molar-refractivity contribution in [2.24, 2.45) is 5.92 Å². The molecular formula is C12H20N2O6. The van der Waals surface area contributed by atoms with Crippen LogP contribution in [0, 0.1) is 5.92 Å².